The van der Waals surface area contributed by atoms with Crippen molar-refractivity contribution in [3.05, 3.63) is 70.6 Å². The summed E-state index contributed by atoms with van der Waals surface area (Å²) in [7, 11) is 0. The molecule has 1 aromatic heterocycles. The lowest BCUT2D eigenvalue weighted by atomic mass is 10.1. The first kappa shape index (κ1) is 14.8. The second-order valence-electron chi connectivity index (χ2n) is 4.76. The van der Waals surface area contributed by atoms with Crippen LogP contribution in [0, 0.1) is 0 Å². The second-order valence-corrected chi connectivity index (χ2v) is 6.05. The minimum absolute atomic E-state index is 0.0711. The third kappa shape index (κ3) is 3.72. The maximum absolute atomic E-state index is 12.0. The van der Waals surface area contributed by atoms with Crippen LogP contribution >= 0.6 is 22.9 Å². The summed E-state index contributed by atoms with van der Waals surface area (Å²) in [6.45, 7) is 0. The van der Waals surface area contributed by atoms with Gasteiger partial charge in [-0.15, -0.1) is 11.3 Å². The van der Waals surface area contributed by atoms with E-state index in [1.54, 1.807) is 0 Å². The monoisotopic (exact) mass is 328 g/mol. The second kappa shape index (κ2) is 6.73. The lowest BCUT2D eigenvalue weighted by Gasteiger charge is -2.01. The van der Waals surface area contributed by atoms with E-state index in [1.165, 1.54) is 11.3 Å². The Balaban J connectivity index is 1.68. The number of rotatable bonds is 4. The summed E-state index contributed by atoms with van der Waals surface area (Å²) in [5, 5.41) is 6.00. The van der Waals surface area contributed by atoms with Crippen molar-refractivity contribution in [1.29, 1.82) is 0 Å². The molecule has 0 spiro atoms. The molecule has 3 nitrogen and oxygen atoms in total. The number of benzene rings is 2. The van der Waals surface area contributed by atoms with Crippen LogP contribution in [-0.4, -0.2) is 10.9 Å². The summed E-state index contributed by atoms with van der Waals surface area (Å²) in [5.74, 6) is -0.0711. The van der Waals surface area contributed by atoms with E-state index in [-0.39, 0.29) is 5.91 Å². The van der Waals surface area contributed by atoms with Crippen molar-refractivity contribution < 1.29 is 4.79 Å². The highest BCUT2D eigenvalue weighted by molar-refractivity contribution is 7.14. The normalized spacial score (nSPS) is 10.4. The van der Waals surface area contributed by atoms with Gasteiger partial charge in [-0.2, -0.15) is 0 Å². The molecule has 1 heterocycles. The molecule has 5 heteroatoms. The Morgan fingerprint density at radius 1 is 1.14 bits per heavy atom. The molecule has 1 amide bonds. The van der Waals surface area contributed by atoms with Crippen LogP contribution in [-0.2, 0) is 11.2 Å². The largest absolute Gasteiger partial charge is 0.302 e. The van der Waals surface area contributed by atoms with Crippen molar-refractivity contribution in [3.63, 3.8) is 0 Å². The number of thiazole rings is 1. The molecule has 3 rings (SSSR count). The highest BCUT2D eigenvalue weighted by Crippen LogP contribution is 2.26. The van der Waals surface area contributed by atoms with Crippen LogP contribution in [0.2, 0.25) is 5.02 Å². The van der Waals surface area contributed by atoms with Crippen LogP contribution in [0.15, 0.2) is 60.0 Å². The number of carbonyl (C=O) groups is 1. The molecule has 0 aliphatic carbocycles. The molecule has 0 bridgehead atoms. The highest BCUT2D eigenvalue weighted by Gasteiger charge is 2.09. The molecule has 0 aliphatic rings. The Bertz CT molecular complexity index is 786. The summed E-state index contributed by atoms with van der Waals surface area (Å²) in [6, 6.07) is 17.1. The Hall–Kier alpha value is -2.17. The number of nitrogens with one attached hydrogen (secondary N) is 1. The van der Waals surface area contributed by atoms with Crippen molar-refractivity contribution >= 4 is 34.0 Å². The zero-order chi connectivity index (χ0) is 15.4. The van der Waals surface area contributed by atoms with Crippen LogP contribution in [0.4, 0.5) is 5.13 Å². The van der Waals surface area contributed by atoms with E-state index in [0.717, 1.165) is 16.8 Å². The van der Waals surface area contributed by atoms with E-state index in [1.807, 2.05) is 60.0 Å². The number of amides is 1. The molecular formula is C17H13ClN2OS. The van der Waals surface area contributed by atoms with Crippen molar-refractivity contribution in [2.45, 2.75) is 6.42 Å². The molecule has 0 aliphatic heterocycles. The SMILES string of the molecule is O=C(Cc1ccccc1)Nc1nc(-c2cccc(Cl)c2)cs1. The molecular weight excluding hydrogens is 316 g/mol. The number of anilines is 1. The van der Waals surface area contributed by atoms with Crippen LogP contribution < -0.4 is 5.32 Å². The highest BCUT2D eigenvalue weighted by atomic mass is 35.5. The molecule has 0 unspecified atom stereocenters. The van der Waals surface area contributed by atoms with E-state index in [2.05, 4.69) is 10.3 Å². The molecule has 110 valence electrons. The van der Waals surface area contributed by atoms with Gasteiger partial charge in [0, 0.05) is 16.0 Å². The average Bonchev–Trinajstić information content (AvgIpc) is 2.96. The van der Waals surface area contributed by atoms with Gasteiger partial charge in [0.1, 0.15) is 0 Å². The van der Waals surface area contributed by atoms with E-state index in [9.17, 15) is 4.79 Å². The van der Waals surface area contributed by atoms with Crippen LogP contribution in [0.3, 0.4) is 0 Å². The van der Waals surface area contributed by atoms with Crippen LogP contribution in [0.5, 0.6) is 0 Å². The zero-order valence-corrected chi connectivity index (χ0v) is 13.2. The quantitative estimate of drug-likeness (QED) is 0.757. The van der Waals surface area contributed by atoms with Gasteiger partial charge in [-0.3, -0.25) is 4.79 Å². The molecule has 0 saturated carbocycles. The minimum Gasteiger partial charge on any atom is -0.302 e. The fraction of sp³-hybridized carbons (Fsp3) is 0.0588. The molecule has 0 saturated heterocycles. The third-order valence-electron chi connectivity index (χ3n) is 3.08. The predicted molar refractivity (Wildman–Crippen MR) is 91.3 cm³/mol. The standard InChI is InChI=1S/C17H13ClN2OS/c18-14-8-4-7-13(10-14)15-11-22-17(19-15)20-16(21)9-12-5-2-1-3-6-12/h1-8,10-11H,9H2,(H,19,20,21). The number of halogens is 1. The number of hydrogen-bond donors (Lipinski definition) is 1. The number of carbonyl (C=O) groups excluding carboxylic acids is 1. The van der Waals surface area contributed by atoms with E-state index in [0.29, 0.717) is 16.6 Å². The Labute approximate surface area is 137 Å². The van der Waals surface area contributed by atoms with Gasteiger partial charge >= 0.3 is 0 Å². The van der Waals surface area contributed by atoms with Gasteiger partial charge in [0.15, 0.2) is 5.13 Å². The Morgan fingerprint density at radius 3 is 2.73 bits per heavy atom. The van der Waals surface area contributed by atoms with E-state index < -0.39 is 0 Å². The molecule has 22 heavy (non-hydrogen) atoms. The first-order valence-corrected chi connectivity index (χ1v) is 8.02. The molecule has 3 aromatic rings. The number of aromatic nitrogens is 1. The van der Waals surface area contributed by atoms with Crippen LogP contribution in [0.25, 0.3) is 11.3 Å². The summed E-state index contributed by atoms with van der Waals surface area (Å²) < 4.78 is 0. The van der Waals surface area contributed by atoms with Gasteiger partial charge in [-0.1, -0.05) is 54.1 Å². The Morgan fingerprint density at radius 2 is 1.95 bits per heavy atom. The number of hydrogen-bond acceptors (Lipinski definition) is 3. The summed E-state index contributed by atoms with van der Waals surface area (Å²) >= 11 is 7.39. The van der Waals surface area contributed by atoms with Gasteiger partial charge in [0.2, 0.25) is 5.91 Å². The van der Waals surface area contributed by atoms with Crippen molar-refractivity contribution in [3.8, 4) is 11.3 Å². The van der Waals surface area contributed by atoms with Gasteiger partial charge in [-0.25, -0.2) is 4.98 Å². The fourth-order valence-electron chi connectivity index (χ4n) is 2.06. The molecule has 0 radical (unpaired) electrons. The maximum atomic E-state index is 12.0. The number of nitrogens with zero attached hydrogens (tertiary/aromatic N) is 1. The maximum Gasteiger partial charge on any atom is 0.230 e. The lowest BCUT2D eigenvalue weighted by Crippen LogP contribution is -2.14. The Kier molecular flexibility index (Phi) is 4.51. The summed E-state index contributed by atoms with van der Waals surface area (Å²) in [4.78, 5) is 16.4. The summed E-state index contributed by atoms with van der Waals surface area (Å²) in [6.07, 6.45) is 0.340. The van der Waals surface area contributed by atoms with Crippen molar-refractivity contribution in [2.75, 3.05) is 5.32 Å². The first-order valence-electron chi connectivity index (χ1n) is 6.76. The predicted octanol–water partition coefficient (Wildman–Crippen LogP) is 4.64. The first-order chi connectivity index (χ1) is 10.7. The molecule has 1 N–H and O–H groups in total. The van der Waals surface area contributed by atoms with Gasteiger partial charge in [0.05, 0.1) is 12.1 Å². The van der Waals surface area contributed by atoms with Crippen LogP contribution in [0.1, 0.15) is 5.56 Å². The molecule has 0 fully saturated rings. The van der Waals surface area contributed by atoms with Crippen molar-refractivity contribution in [2.24, 2.45) is 0 Å². The average molecular weight is 329 g/mol. The fourth-order valence-corrected chi connectivity index (χ4v) is 2.98. The van der Waals surface area contributed by atoms with Gasteiger partial charge in [0.25, 0.3) is 0 Å². The van der Waals surface area contributed by atoms with E-state index >= 15 is 0 Å². The zero-order valence-electron chi connectivity index (χ0n) is 11.6. The van der Waals surface area contributed by atoms with Gasteiger partial charge in [-0.05, 0) is 17.7 Å². The smallest absolute Gasteiger partial charge is 0.230 e. The van der Waals surface area contributed by atoms with Crippen molar-refractivity contribution in [1.82, 2.24) is 4.98 Å². The molecule has 2 aromatic carbocycles. The minimum atomic E-state index is -0.0711. The topological polar surface area (TPSA) is 42.0 Å². The lowest BCUT2D eigenvalue weighted by molar-refractivity contribution is -0.115. The summed E-state index contributed by atoms with van der Waals surface area (Å²) in [5.41, 5.74) is 2.72. The van der Waals surface area contributed by atoms with E-state index in [4.69, 9.17) is 11.6 Å². The third-order valence-corrected chi connectivity index (χ3v) is 4.07. The molecule has 0 atom stereocenters. The van der Waals surface area contributed by atoms with Gasteiger partial charge < -0.3 is 5.32 Å².